The van der Waals surface area contributed by atoms with E-state index < -0.39 is 0 Å². The van der Waals surface area contributed by atoms with Gasteiger partial charge in [-0.2, -0.15) is 4.89 Å². The lowest BCUT2D eigenvalue weighted by Crippen LogP contribution is -2.15. The summed E-state index contributed by atoms with van der Waals surface area (Å²) in [7, 11) is 0. The van der Waals surface area contributed by atoms with E-state index in [1.54, 1.807) is 0 Å². The summed E-state index contributed by atoms with van der Waals surface area (Å²) in [5, 5.41) is 0. The van der Waals surface area contributed by atoms with Gasteiger partial charge in [0.1, 0.15) is 5.60 Å². The third-order valence-electron chi connectivity index (χ3n) is 1.88. The van der Waals surface area contributed by atoms with Gasteiger partial charge in [0.25, 0.3) is 0 Å². The Morgan fingerprint density at radius 3 is 2.64 bits per heavy atom. The molecule has 0 N–H and O–H groups in total. The number of rotatable bonds is 0. The Hall–Kier alpha value is -1.02. The fourth-order valence-electron chi connectivity index (χ4n) is 1.23. The highest BCUT2D eigenvalue weighted by molar-refractivity contribution is 5.38. The maximum absolute atomic E-state index is 5.11. The van der Waals surface area contributed by atoms with Gasteiger partial charge in [-0.15, -0.1) is 0 Å². The highest BCUT2D eigenvalue weighted by Gasteiger charge is 2.33. The minimum Gasteiger partial charge on any atom is -0.336 e. The highest BCUT2D eigenvalue weighted by Crippen LogP contribution is 2.38. The molecule has 1 aliphatic heterocycles. The molecule has 1 heterocycles. The molecule has 0 atom stereocenters. The Morgan fingerprint density at radius 2 is 1.91 bits per heavy atom. The molecule has 0 amide bonds. The van der Waals surface area contributed by atoms with E-state index in [1.807, 2.05) is 38.1 Å². The first-order valence-electron chi connectivity index (χ1n) is 3.65. The number of fused-ring (bicyclic) bond motifs is 1. The minimum absolute atomic E-state index is 0.295. The molecule has 0 bridgehead atoms. The number of hydrogen-bond acceptors (Lipinski definition) is 2. The topological polar surface area (TPSA) is 18.5 Å². The molecule has 0 radical (unpaired) electrons. The standard InChI is InChI=1S/C9H10O2/c1-9(2)7-5-3-4-6-8(7)10-11-9/h3-6H,1-2H3. The molecule has 1 aliphatic rings. The Labute approximate surface area is 65.7 Å². The summed E-state index contributed by atoms with van der Waals surface area (Å²) in [4.78, 5) is 10.1. The second-order valence-electron chi connectivity index (χ2n) is 3.17. The van der Waals surface area contributed by atoms with E-state index in [-0.39, 0.29) is 5.60 Å². The van der Waals surface area contributed by atoms with Crippen molar-refractivity contribution in [2.24, 2.45) is 0 Å². The lowest BCUT2D eigenvalue weighted by atomic mass is 9.98. The van der Waals surface area contributed by atoms with Crippen LogP contribution >= 0.6 is 0 Å². The van der Waals surface area contributed by atoms with E-state index in [9.17, 15) is 0 Å². The first kappa shape index (κ1) is 6.68. The molecular formula is C9H10O2. The van der Waals surface area contributed by atoms with Crippen molar-refractivity contribution >= 4 is 0 Å². The van der Waals surface area contributed by atoms with Crippen LogP contribution in [-0.2, 0) is 10.5 Å². The summed E-state index contributed by atoms with van der Waals surface area (Å²) >= 11 is 0. The van der Waals surface area contributed by atoms with Gasteiger partial charge in [0.15, 0.2) is 5.75 Å². The third-order valence-corrected chi connectivity index (χ3v) is 1.88. The molecule has 1 aromatic carbocycles. The average molecular weight is 150 g/mol. The van der Waals surface area contributed by atoms with Crippen LogP contribution in [0.15, 0.2) is 24.3 Å². The second-order valence-corrected chi connectivity index (χ2v) is 3.17. The normalized spacial score (nSPS) is 19.1. The average Bonchev–Trinajstić information content (AvgIpc) is 2.29. The van der Waals surface area contributed by atoms with Gasteiger partial charge in [-0.05, 0) is 19.9 Å². The molecule has 0 spiro atoms. The van der Waals surface area contributed by atoms with Gasteiger partial charge < -0.3 is 4.89 Å². The molecule has 0 saturated carbocycles. The molecule has 2 rings (SSSR count). The summed E-state index contributed by atoms with van der Waals surface area (Å²) in [6, 6.07) is 7.84. The van der Waals surface area contributed by atoms with Crippen molar-refractivity contribution in [2.75, 3.05) is 0 Å². The Morgan fingerprint density at radius 1 is 1.18 bits per heavy atom. The lowest BCUT2D eigenvalue weighted by molar-refractivity contribution is -0.260. The molecule has 0 aromatic heterocycles. The zero-order valence-electron chi connectivity index (χ0n) is 6.63. The summed E-state index contributed by atoms with van der Waals surface area (Å²) in [5.74, 6) is 0.831. The molecule has 2 nitrogen and oxygen atoms in total. The summed E-state index contributed by atoms with van der Waals surface area (Å²) in [6.45, 7) is 3.97. The second kappa shape index (κ2) is 1.98. The molecule has 0 saturated heterocycles. The maximum atomic E-state index is 5.11. The third kappa shape index (κ3) is 0.906. The number of benzene rings is 1. The van der Waals surface area contributed by atoms with E-state index in [1.165, 1.54) is 0 Å². The Bertz CT molecular complexity index is 279. The number of hydrogen-bond donors (Lipinski definition) is 0. The zero-order valence-corrected chi connectivity index (χ0v) is 6.63. The van der Waals surface area contributed by atoms with Gasteiger partial charge in [-0.3, -0.25) is 0 Å². The summed E-state index contributed by atoms with van der Waals surface area (Å²) in [6.07, 6.45) is 0. The van der Waals surface area contributed by atoms with Gasteiger partial charge in [0.05, 0.1) is 0 Å². The van der Waals surface area contributed by atoms with E-state index in [0.717, 1.165) is 11.3 Å². The minimum atomic E-state index is -0.295. The van der Waals surface area contributed by atoms with Crippen molar-refractivity contribution in [3.05, 3.63) is 29.8 Å². The van der Waals surface area contributed by atoms with Crippen molar-refractivity contribution in [3.63, 3.8) is 0 Å². The Kier molecular flexibility index (Phi) is 1.20. The predicted molar refractivity (Wildman–Crippen MR) is 41.2 cm³/mol. The molecule has 58 valence electrons. The molecule has 0 fully saturated rings. The summed E-state index contributed by atoms with van der Waals surface area (Å²) < 4.78 is 0. The van der Waals surface area contributed by atoms with E-state index in [4.69, 9.17) is 9.78 Å². The summed E-state index contributed by atoms with van der Waals surface area (Å²) in [5.41, 5.74) is 0.816. The van der Waals surface area contributed by atoms with Crippen molar-refractivity contribution in [1.29, 1.82) is 0 Å². The van der Waals surface area contributed by atoms with Crippen molar-refractivity contribution in [3.8, 4) is 5.75 Å². The molecule has 11 heavy (non-hydrogen) atoms. The first-order valence-corrected chi connectivity index (χ1v) is 3.65. The van der Waals surface area contributed by atoms with Crippen LogP contribution in [0.25, 0.3) is 0 Å². The van der Waals surface area contributed by atoms with Gasteiger partial charge in [0, 0.05) is 5.56 Å². The monoisotopic (exact) mass is 150 g/mol. The van der Waals surface area contributed by atoms with Crippen LogP contribution in [0.3, 0.4) is 0 Å². The fraction of sp³-hybridized carbons (Fsp3) is 0.333. The zero-order chi connectivity index (χ0) is 7.90. The lowest BCUT2D eigenvalue weighted by Gasteiger charge is -2.12. The van der Waals surface area contributed by atoms with Gasteiger partial charge in [-0.1, -0.05) is 18.2 Å². The van der Waals surface area contributed by atoms with Crippen LogP contribution in [0.5, 0.6) is 5.75 Å². The predicted octanol–water partition coefficient (Wildman–Crippen LogP) is 2.25. The largest absolute Gasteiger partial charge is 0.336 e. The van der Waals surface area contributed by atoms with Gasteiger partial charge in [-0.25, -0.2) is 0 Å². The van der Waals surface area contributed by atoms with Crippen LogP contribution in [0.1, 0.15) is 19.4 Å². The Balaban J connectivity index is 2.56. The molecule has 1 aromatic rings. The van der Waals surface area contributed by atoms with E-state index >= 15 is 0 Å². The highest BCUT2D eigenvalue weighted by atomic mass is 17.2. The quantitative estimate of drug-likeness (QED) is 0.528. The van der Waals surface area contributed by atoms with Gasteiger partial charge in [0.2, 0.25) is 0 Å². The number of para-hydroxylation sites is 1. The SMILES string of the molecule is CC1(C)OOc2ccccc21. The van der Waals surface area contributed by atoms with Crippen LogP contribution < -0.4 is 4.89 Å². The smallest absolute Gasteiger partial charge is 0.171 e. The van der Waals surface area contributed by atoms with E-state index in [0.29, 0.717) is 0 Å². The molecular weight excluding hydrogens is 140 g/mol. The van der Waals surface area contributed by atoms with Crippen LogP contribution in [0, 0.1) is 0 Å². The fourth-order valence-corrected chi connectivity index (χ4v) is 1.23. The van der Waals surface area contributed by atoms with Crippen molar-refractivity contribution < 1.29 is 9.78 Å². The molecule has 0 aliphatic carbocycles. The molecule has 2 heteroatoms. The van der Waals surface area contributed by atoms with Crippen LogP contribution in [0.2, 0.25) is 0 Å². The molecule has 0 unspecified atom stereocenters. The maximum Gasteiger partial charge on any atom is 0.171 e. The van der Waals surface area contributed by atoms with Crippen molar-refractivity contribution in [1.82, 2.24) is 0 Å². The van der Waals surface area contributed by atoms with Crippen molar-refractivity contribution in [2.45, 2.75) is 19.4 Å². The first-order chi connectivity index (χ1) is 5.20. The van der Waals surface area contributed by atoms with Gasteiger partial charge >= 0.3 is 0 Å². The van der Waals surface area contributed by atoms with E-state index in [2.05, 4.69) is 0 Å². The van der Waals surface area contributed by atoms with Crippen LogP contribution in [-0.4, -0.2) is 0 Å². The van der Waals surface area contributed by atoms with Crippen LogP contribution in [0.4, 0.5) is 0 Å².